The van der Waals surface area contributed by atoms with Crippen LogP contribution in [0.5, 0.6) is 5.75 Å². The fourth-order valence-electron chi connectivity index (χ4n) is 2.50. The van der Waals surface area contributed by atoms with Crippen molar-refractivity contribution in [3.8, 4) is 5.75 Å². The molecule has 1 aromatic rings. The fourth-order valence-corrected chi connectivity index (χ4v) is 2.50. The van der Waals surface area contributed by atoms with Gasteiger partial charge in [0.05, 0.1) is 6.61 Å². The van der Waals surface area contributed by atoms with Crippen LogP contribution in [-0.2, 0) is 9.59 Å². The average Bonchev–Trinajstić information content (AvgIpc) is 2.49. The second-order valence-electron chi connectivity index (χ2n) is 5.23. The zero-order valence-corrected chi connectivity index (χ0v) is 12.6. The van der Waals surface area contributed by atoms with Gasteiger partial charge >= 0.3 is 0 Å². The van der Waals surface area contributed by atoms with E-state index in [1.54, 1.807) is 11.8 Å². The summed E-state index contributed by atoms with van der Waals surface area (Å²) in [5.41, 5.74) is 0.775. The molecule has 1 aromatic carbocycles. The molecule has 114 valence electrons. The van der Waals surface area contributed by atoms with Gasteiger partial charge in [0.2, 0.25) is 11.8 Å². The summed E-state index contributed by atoms with van der Waals surface area (Å²) in [6, 6.07) is 7.37. The maximum Gasteiger partial charge on any atom is 0.227 e. The van der Waals surface area contributed by atoms with Crippen LogP contribution in [0.3, 0.4) is 0 Å². The van der Waals surface area contributed by atoms with E-state index < -0.39 is 0 Å². The smallest absolute Gasteiger partial charge is 0.227 e. The molecule has 1 saturated heterocycles. The molecule has 2 rings (SSSR count). The van der Waals surface area contributed by atoms with Crippen LogP contribution in [0.25, 0.3) is 0 Å². The van der Waals surface area contributed by atoms with Crippen LogP contribution >= 0.6 is 0 Å². The summed E-state index contributed by atoms with van der Waals surface area (Å²) in [4.78, 5) is 25.3. The number of amides is 2. The first-order valence-corrected chi connectivity index (χ1v) is 7.39. The highest BCUT2D eigenvalue weighted by molar-refractivity contribution is 5.92. The highest BCUT2D eigenvalue weighted by Crippen LogP contribution is 2.21. The van der Waals surface area contributed by atoms with Crippen LogP contribution in [0.4, 0.5) is 5.69 Å². The van der Waals surface area contributed by atoms with Gasteiger partial charge in [-0.25, -0.2) is 0 Å². The average molecular weight is 290 g/mol. The summed E-state index contributed by atoms with van der Waals surface area (Å²) in [5, 5.41) is 2.93. The predicted octanol–water partition coefficient (Wildman–Crippen LogP) is 2.28. The zero-order chi connectivity index (χ0) is 15.2. The molecular formula is C16H22N2O3. The van der Waals surface area contributed by atoms with E-state index in [0.29, 0.717) is 19.7 Å². The van der Waals surface area contributed by atoms with E-state index in [1.165, 1.54) is 0 Å². The van der Waals surface area contributed by atoms with E-state index in [9.17, 15) is 9.59 Å². The van der Waals surface area contributed by atoms with Crippen LogP contribution in [0, 0.1) is 5.92 Å². The van der Waals surface area contributed by atoms with Crippen molar-refractivity contribution in [3.05, 3.63) is 24.3 Å². The van der Waals surface area contributed by atoms with E-state index in [0.717, 1.165) is 24.3 Å². The third-order valence-corrected chi connectivity index (χ3v) is 3.74. The predicted molar refractivity (Wildman–Crippen MR) is 81.2 cm³/mol. The van der Waals surface area contributed by atoms with Crippen molar-refractivity contribution in [2.75, 3.05) is 25.0 Å². The Hall–Kier alpha value is -2.04. The van der Waals surface area contributed by atoms with E-state index in [2.05, 4.69) is 5.32 Å². The number of hydrogen-bond donors (Lipinski definition) is 1. The third-order valence-electron chi connectivity index (χ3n) is 3.74. The van der Waals surface area contributed by atoms with Gasteiger partial charge in [-0.15, -0.1) is 0 Å². The van der Waals surface area contributed by atoms with Crippen LogP contribution < -0.4 is 10.1 Å². The highest BCUT2D eigenvalue weighted by atomic mass is 16.5. The molecule has 1 fully saturated rings. The molecule has 1 aliphatic heterocycles. The topological polar surface area (TPSA) is 58.6 Å². The summed E-state index contributed by atoms with van der Waals surface area (Å²) in [7, 11) is 0. The SMILES string of the molecule is CCOc1ccc(NC(=O)C2CCN(C(C)=O)CC2)cc1. The fraction of sp³-hybridized carbons (Fsp3) is 0.500. The minimum absolute atomic E-state index is 0.0211. The van der Waals surface area contributed by atoms with Gasteiger partial charge in [0.1, 0.15) is 5.75 Å². The van der Waals surface area contributed by atoms with Crippen molar-refractivity contribution in [1.82, 2.24) is 4.90 Å². The Kier molecular flexibility index (Phi) is 5.20. The molecule has 5 nitrogen and oxygen atoms in total. The summed E-state index contributed by atoms with van der Waals surface area (Å²) in [6.45, 7) is 5.46. The van der Waals surface area contributed by atoms with E-state index in [1.807, 2.05) is 31.2 Å². The van der Waals surface area contributed by atoms with E-state index in [4.69, 9.17) is 4.74 Å². The van der Waals surface area contributed by atoms with Crippen molar-refractivity contribution in [1.29, 1.82) is 0 Å². The number of carbonyl (C=O) groups excluding carboxylic acids is 2. The number of benzene rings is 1. The number of rotatable bonds is 4. The summed E-state index contributed by atoms with van der Waals surface area (Å²) in [5.74, 6) is 0.889. The molecule has 1 N–H and O–H groups in total. The third kappa shape index (κ3) is 4.21. The molecule has 0 bridgehead atoms. The quantitative estimate of drug-likeness (QED) is 0.925. The van der Waals surface area contributed by atoms with Gasteiger partial charge in [0.25, 0.3) is 0 Å². The standard InChI is InChI=1S/C16H22N2O3/c1-3-21-15-6-4-14(5-7-15)17-16(20)13-8-10-18(11-9-13)12(2)19/h4-7,13H,3,8-11H2,1-2H3,(H,17,20). The molecule has 5 heteroatoms. The molecule has 0 aliphatic carbocycles. The monoisotopic (exact) mass is 290 g/mol. The maximum atomic E-state index is 12.2. The van der Waals surface area contributed by atoms with Gasteiger partial charge in [-0.05, 0) is 44.0 Å². The lowest BCUT2D eigenvalue weighted by atomic mass is 9.96. The van der Waals surface area contributed by atoms with Gasteiger partial charge in [0, 0.05) is 31.6 Å². The molecule has 21 heavy (non-hydrogen) atoms. The summed E-state index contributed by atoms with van der Waals surface area (Å²) < 4.78 is 5.37. The first-order valence-electron chi connectivity index (χ1n) is 7.39. The first kappa shape index (κ1) is 15.4. The van der Waals surface area contributed by atoms with Gasteiger partial charge in [0.15, 0.2) is 0 Å². The number of likely N-dealkylation sites (tertiary alicyclic amines) is 1. The first-order chi connectivity index (χ1) is 10.1. The van der Waals surface area contributed by atoms with Crippen LogP contribution in [-0.4, -0.2) is 36.4 Å². The lowest BCUT2D eigenvalue weighted by molar-refractivity contribution is -0.132. The highest BCUT2D eigenvalue weighted by Gasteiger charge is 2.25. The lowest BCUT2D eigenvalue weighted by Gasteiger charge is -2.30. The van der Waals surface area contributed by atoms with Gasteiger partial charge in [-0.1, -0.05) is 0 Å². The van der Waals surface area contributed by atoms with Crippen LogP contribution in [0.1, 0.15) is 26.7 Å². The minimum atomic E-state index is -0.0211. The van der Waals surface area contributed by atoms with Crippen molar-refractivity contribution in [2.45, 2.75) is 26.7 Å². The lowest BCUT2D eigenvalue weighted by Crippen LogP contribution is -2.40. The van der Waals surface area contributed by atoms with Crippen molar-refractivity contribution in [3.63, 3.8) is 0 Å². The summed E-state index contributed by atoms with van der Waals surface area (Å²) in [6.07, 6.45) is 1.45. The number of carbonyl (C=O) groups is 2. The van der Waals surface area contributed by atoms with E-state index >= 15 is 0 Å². The Labute approximate surface area is 125 Å². The van der Waals surface area contributed by atoms with E-state index in [-0.39, 0.29) is 17.7 Å². The summed E-state index contributed by atoms with van der Waals surface area (Å²) >= 11 is 0. The Morgan fingerprint density at radius 3 is 2.38 bits per heavy atom. The largest absolute Gasteiger partial charge is 0.494 e. The molecule has 0 aromatic heterocycles. The number of nitrogens with one attached hydrogen (secondary N) is 1. The van der Waals surface area contributed by atoms with Crippen molar-refractivity contribution >= 4 is 17.5 Å². The van der Waals surface area contributed by atoms with Gasteiger partial charge < -0.3 is 15.0 Å². The molecule has 1 aliphatic rings. The second kappa shape index (κ2) is 7.11. The molecule has 1 heterocycles. The van der Waals surface area contributed by atoms with Crippen molar-refractivity contribution < 1.29 is 14.3 Å². The zero-order valence-electron chi connectivity index (χ0n) is 12.6. The number of anilines is 1. The number of hydrogen-bond acceptors (Lipinski definition) is 3. The van der Waals surface area contributed by atoms with Gasteiger partial charge in [-0.2, -0.15) is 0 Å². The Balaban J connectivity index is 1.85. The molecule has 0 atom stereocenters. The van der Waals surface area contributed by atoms with Crippen LogP contribution in [0.15, 0.2) is 24.3 Å². The molecule has 0 unspecified atom stereocenters. The molecule has 0 saturated carbocycles. The Morgan fingerprint density at radius 2 is 1.86 bits per heavy atom. The number of ether oxygens (including phenoxy) is 1. The molecular weight excluding hydrogens is 268 g/mol. The number of nitrogens with zero attached hydrogens (tertiary/aromatic N) is 1. The Morgan fingerprint density at radius 1 is 1.24 bits per heavy atom. The molecule has 2 amide bonds. The van der Waals surface area contributed by atoms with Gasteiger partial charge in [-0.3, -0.25) is 9.59 Å². The second-order valence-corrected chi connectivity index (χ2v) is 5.23. The van der Waals surface area contributed by atoms with Crippen LogP contribution in [0.2, 0.25) is 0 Å². The Bertz CT molecular complexity index is 491. The maximum absolute atomic E-state index is 12.2. The minimum Gasteiger partial charge on any atom is -0.494 e. The van der Waals surface area contributed by atoms with Crippen molar-refractivity contribution in [2.24, 2.45) is 5.92 Å². The normalized spacial score (nSPS) is 15.6. The molecule has 0 spiro atoms. The molecule has 0 radical (unpaired) electrons. The number of piperidine rings is 1.